The Labute approximate surface area is 170 Å². The number of ether oxygens (including phenoxy) is 1. The van der Waals surface area contributed by atoms with Crippen molar-refractivity contribution in [1.82, 2.24) is 20.2 Å². The average Bonchev–Trinajstić information content (AvgIpc) is 3.05. The summed E-state index contributed by atoms with van der Waals surface area (Å²) in [5.74, 6) is 2.43. The van der Waals surface area contributed by atoms with Crippen molar-refractivity contribution in [2.75, 3.05) is 51.8 Å². The van der Waals surface area contributed by atoms with Crippen LogP contribution in [0.4, 0.5) is 5.82 Å². The van der Waals surface area contributed by atoms with Gasteiger partial charge >= 0.3 is 0 Å². The minimum atomic E-state index is -0.0123. The molecule has 0 unspecified atom stereocenters. The van der Waals surface area contributed by atoms with Gasteiger partial charge in [0, 0.05) is 32.1 Å². The van der Waals surface area contributed by atoms with Gasteiger partial charge in [0.05, 0.1) is 31.7 Å². The number of anilines is 1. The zero-order valence-corrected chi connectivity index (χ0v) is 17.8. The Morgan fingerprint density at radius 3 is 2.89 bits per heavy atom. The van der Waals surface area contributed by atoms with E-state index < -0.39 is 0 Å². The molecule has 0 spiro atoms. The van der Waals surface area contributed by atoms with E-state index in [9.17, 15) is 4.79 Å². The highest BCUT2D eigenvalue weighted by Crippen LogP contribution is 2.40. The molecular formula is C20H29N5O2S. The molecule has 1 aliphatic heterocycles. The fourth-order valence-corrected chi connectivity index (χ4v) is 5.44. The third-order valence-electron chi connectivity index (χ3n) is 5.67. The Kier molecular flexibility index (Phi) is 5.80. The molecule has 4 rings (SSSR count). The highest BCUT2D eigenvalue weighted by atomic mass is 32.1. The number of amides is 1. The molecule has 1 saturated heterocycles. The second-order valence-corrected chi connectivity index (χ2v) is 9.00. The van der Waals surface area contributed by atoms with Gasteiger partial charge in [0.25, 0.3) is 0 Å². The highest BCUT2D eigenvalue weighted by Gasteiger charge is 2.26. The van der Waals surface area contributed by atoms with Crippen LogP contribution in [0.1, 0.15) is 29.6 Å². The number of aromatic nitrogens is 2. The largest absolute Gasteiger partial charge is 0.379 e. The number of rotatable bonds is 5. The lowest BCUT2D eigenvalue weighted by atomic mass is 9.89. The first-order valence-corrected chi connectivity index (χ1v) is 10.9. The summed E-state index contributed by atoms with van der Waals surface area (Å²) < 4.78 is 5.46. The molecule has 0 radical (unpaired) electrons. The Morgan fingerprint density at radius 1 is 1.36 bits per heavy atom. The van der Waals surface area contributed by atoms with Gasteiger partial charge in [-0.25, -0.2) is 9.97 Å². The molecule has 152 valence electrons. The molecule has 1 fully saturated rings. The molecular weight excluding hydrogens is 374 g/mol. The van der Waals surface area contributed by atoms with Gasteiger partial charge < -0.3 is 15.0 Å². The SMILES string of the molecule is CNC(=O)CN(C)c1nc(CN2CCOCC2)nc2sc3c(c12)CC[C@@H](C)C3. The minimum absolute atomic E-state index is 0.0123. The molecule has 0 saturated carbocycles. The Morgan fingerprint density at radius 2 is 2.14 bits per heavy atom. The van der Waals surface area contributed by atoms with Gasteiger partial charge in [-0.05, 0) is 30.7 Å². The van der Waals surface area contributed by atoms with Crippen molar-refractivity contribution in [2.24, 2.45) is 5.92 Å². The number of likely N-dealkylation sites (N-methyl/N-ethyl adjacent to an activating group) is 2. The number of hydrogen-bond donors (Lipinski definition) is 1. The first-order valence-electron chi connectivity index (χ1n) is 10.1. The number of carbonyl (C=O) groups excluding carboxylic acids is 1. The summed E-state index contributed by atoms with van der Waals surface area (Å²) in [5.41, 5.74) is 1.40. The fraction of sp³-hybridized carbons (Fsp3) is 0.650. The van der Waals surface area contributed by atoms with Crippen LogP contribution >= 0.6 is 11.3 Å². The quantitative estimate of drug-likeness (QED) is 0.821. The lowest BCUT2D eigenvalue weighted by Crippen LogP contribution is -2.36. The third-order valence-corrected chi connectivity index (χ3v) is 6.82. The number of thiophene rings is 1. The van der Waals surface area contributed by atoms with Crippen molar-refractivity contribution in [3.05, 3.63) is 16.3 Å². The summed E-state index contributed by atoms with van der Waals surface area (Å²) in [4.78, 5) is 28.7. The van der Waals surface area contributed by atoms with Crippen molar-refractivity contribution in [3.8, 4) is 0 Å². The first-order chi connectivity index (χ1) is 13.5. The van der Waals surface area contributed by atoms with Crippen molar-refractivity contribution < 1.29 is 9.53 Å². The number of aryl methyl sites for hydroxylation is 1. The number of nitrogens with one attached hydrogen (secondary N) is 1. The molecule has 0 aromatic carbocycles. The van der Waals surface area contributed by atoms with Crippen LogP contribution in [0.15, 0.2) is 0 Å². The molecule has 2 aromatic heterocycles. The summed E-state index contributed by atoms with van der Waals surface area (Å²) in [7, 11) is 3.62. The van der Waals surface area contributed by atoms with E-state index in [1.807, 2.05) is 23.3 Å². The fourth-order valence-electron chi connectivity index (χ4n) is 4.04. The molecule has 1 aliphatic carbocycles. The second-order valence-electron chi connectivity index (χ2n) is 7.91. The van der Waals surface area contributed by atoms with E-state index in [4.69, 9.17) is 14.7 Å². The lowest BCUT2D eigenvalue weighted by molar-refractivity contribution is -0.119. The molecule has 2 aliphatic rings. The molecule has 1 atom stereocenters. The van der Waals surface area contributed by atoms with Crippen LogP contribution in [-0.4, -0.2) is 67.7 Å². The van der Waals surface area contributed by atoms with E-state index in [-0.39, 0.29) is 5.91 Å². The number of hydrogen-bond acceptors (Lipinski definition) is 7. The van der Waals surface area contributed by atoms with Gasteiger partial charge in [0.2, 0.25) is 5.91 Å². The lowest BCUT2D eigenvalue weighted by Gasteiger charge is -2.26. The van der Waals surface area contributed by atoms with Gasteiger partial charge in [-0.1, -0.05) is 6.92 Å². The van der Waals surface area contributed by atoms with Crippen LogP contribution in [0.2, 0.25) is 0 Å². The molecule has 1 amide bonds. The van der Waals surface area contributed by atoms with Gasteiger partial charge in [0.1, 0.15) is 16.5 Å². The van der Waals surface area contributed by atoms with E-state index in [0.29, 0.717) is 12.5 Å². The van der Waals surface area contributed by atoms with E-state index in [0.717, 1.165) is 67.5 Å². The monoisotopic (exact) mass is 403 g/mol. The minimum Gasteiger partial charge on any atom is -0.379 e. The van der Waals surface area contributed by atoms with Crippen LogP contribution in [0.3, 0.4) is 0 Å². The number of fused-ring (bicyclic) bond motifs is 3. The summed E-state index contributed by atoms with van der Waals surface area (Å²) in [5, 5.41) is 3.87. The summed E-state index contributed by atoms with van der Waals surface area (Å²) in [6.07, 6.45) is 3.39. The van der Waals surface area contributed by atoms with E-state index in [1.165, 1.54) is 16.9 Å². The first kappa shape index (κ1) is 19.5. The van der Waals surface area contributed by atoms with Crippen molar-refractivity contribution in [3.63, 3.8) is 0 Å². The van der Waals surface area contributed by atoms with E-state index >= 15 is 0 Å². The van der Waals surface area contributed by atoms with Gasteiger partial charge in [0.15, 0.2) is 0 Å². The highest BCUT2D eigenvalue weighted by molar-refractivity contribution is 7.19. The Hall–Kier alpha value is -1.77. The van der Waals surface area contributed by atoms with Gasteiger partial charge in [-0.3, -0.25) is 9.69 Å². The second kappa shape index (κ2) is 8.31. The topological polar surface area (TPSA) is 70.6 Å². The van der Waals surface area contributed by atoms with Crippen molar-refractivity contribution in [2.45, 2.75) is 32.7 Å². The normalized spacial score (nSPS) is 20.2. The zero-order valence-electron chi connectivity index (χ0n) is 17.0. The van der Waals surface area contributed by atoms with Crippen molar-refractivity contribution >= 4 is 33.3 Å². The van der Waals surface area contributed by atoms with E-state index in [1.54, 1.807) is 7.05 Å². The maximum absolute atomic E-state index is 12.0. The summed E-state index contributed by atoms with van der Waals surface area (Å²) >= 11 is 1.81. The maximum Gasteiger partial charge on any atom is 0.239 e. The van der Waals surface area contributed by atoms with Crippen LogP contribution in [0.25, 0.3) is 10.2 Å². The summed E-state index contributed by atoms with van der Waals surface area (Å²) in [6.45, 7) is 6.67. The Balaban J connectivity index is 1.74. The third kappa shape index (κ3) is 3.99. The molecule has 2 aromatic rings. The van der Waals surface area contributed by atoms with E-state index in [2.05, 4.69) is 17.1 Å². The average molecular weight is 404 g/mol. The molecule has 28 heavy (non-hydrogen) atoms. The Bertz CT molecular complexity index is 862. The van der Waals surface area contributed by atoms with Gasteiger partial charge in [-0.15, -0.1) is 11.3 Å². The molecule has 0 bridgehead atoms. The van der Waals surface area contributed by atoms with Crippen molar-refractivity contribution in [1.29, 1.82) is 0 Å². The van der Waals surface area contributed by atoms with Crippen LogP contribution in [0.5, 0.6) is 0 Å². The zero-order chi connectivity index (χ0) is 19.7. The maximum atomic E-state index is 12.0. The van der Waals surface area contributed by atoms with Crippen LogP contribution in [0, 0.1) is 5.92 Å². The summed E-state index contributed by atoms with van der Waals surface area (Å²) in [6, 6.07) is 0. The predicted molar refractivity (Wildman–Crippen MR) is 112 cm³/mol. The number of morpholine rings is 1. The smallest absolute Gasteiger partial charge is 0.239 e. The van der Waals surface area contributed by atoms with Crippen LogP contribution in [-0.2, 0) is 28.9 Å². The molecule has 1 N–H and O–H groups in total. The molecule has 7 nitrogen and oxygen atoms in total. The van der Waals surface area contributed by atoms with Crippen LogP contribution < -0.4 is 10.2 Å². The number of carbonyl (C=O) groups is 1. The standard InChI is InChI=1S/C20H29N5O2S/c1-13-4-5-14-15(10-13)28-20-18(14)19(24(3)12-17(26)21-2)22-16(23-20)11-25-6-8-27-9-7-25/h13H,4-12H2,1-3H3,(H,21,26)/t13-/m1/s1. The molecule has 8 heteroatoms. The number of nitrogens with zero attached hydrogens (tertiary/aromatic N) is 4. The predicted octanol–water partition coefficient (Wildman–Crippen LogP) is 1.83. The van der Waals surface area contributed by atoms with Gasteiger partial charge in [-0.2, -0.15) is 0 Å². The molecule has 3 heterocycles.